The van der Waals surface area contributed by atoms with Gasteiger partial charge < -0.3 is 14.6 Å². The summed E-state index contributed by atoms with van der Waals surface area (Å²) < 4.78 is 10.8. The fraction of sp³-hybridized carbons (Fsp3) is 0.560. The summed E-state index contributed by atoms with van der Waals surface area (Å²) in [6.07, 6.45) is 8.03. The molecule has 166 valence electrons. The number of nitrogens with zero attached hydrogens (tertiary/aromatic N) is 1. The molecule has 5 nitrogen and oxygen atoms in total. The van der Waals surface area contributed by atoms with E-state index in [-0.39, 0.29) is 24.3 Å². The van der Waals surface area contributed by atoms with Gasteiger partial charge >= 0.3 is 6.09 Å². The quantitative estimate of drug-likeness (QED) is 0.297. The molecule has 0 radical (unpaired) electrons. The summed E-state index contributed by atoms with van der Waals surface area (Å²) in [5.41, 5.74) is 4.23. The van der Waals surface area contributed by atoms with Crippen molar-refractivity contribution in [3.05, 3.63) is 47.1 Å². The first-order chi connectivity index (χ1) is 14.3. The van der Waals surface area contributed by atoms with E-state index in [0.717, 1.165) is 55.2 Å². The highest BCUT2D eigenvalue weighted by Gasteiger charge is 2.31. The Labute approximate surface area is 181 Å². The Kier molecular flexibility index (Phi) is 8.82. The van der Waals surface area contributed by atoms with Gasteiger partial charge in [-0.25, -0.2) is 4.79 Å². The van der Waals surface area contributed by atoms with E-state index in [1.54, 1.807) is 7.05 Å². The number of allylic oxidation sites excluding steroid dienone is 3. The Bertz CT molecular complexity index is 784. The van der Waals surface area contributed by atoms with Crippen molar-refractivity contribution in [2.45, 2.75) is 65.2 Å². The van der Waals surface area contributed by atoms with Gasteiger partial charge in [0.05, 0.1) is 7.11 Å². The van der Waals surface area contributed by atoms with Crippen LogP contribution in [0.1, 0.15) is 69.9 Å². The molecule has 0 aliphatic heterocycles. The number of unbranched alkanes of at least 4 members (excludes halogenated alkanes) is 2. The molecule has 1 amide bonds. The Balaban J connectivity index is 2.44. The number of methoxy groups -OCH3 is 1. The van der Waals surface area contributed by atoms with Gasteiger partial charge in [-0.3, -0.25) is 4.90 Å². The van der Waals surface area contributed by atoms with Crippen LogP contribution >= 0.6 is 0 Å². The molecule has 0 fully saturated rings. The van der Waals surface area contributed by atoms with E-state index in [4.69, 9.17) is 9.47 Å². The number of amides is 1. The second-order valence-corrected chi connectivity index (χ2v) is 8.46. The number of benzene rings is 1. The first kappa shape index (κ1) is 23.8. The van der Waals surface area contributed by atoms with Crippen molar-refractivity contribution in [1.82, 2.24) is 4.90 Å². The van der Waals surface area contributed by atoms with Crippen LogP contribution in [0.2, 0.25) is 0 Å². The van der Waals surface area contributed by atoms with Crippen molar-refractivity contribution < 1.29 is 19.4 Å². The highest BCUT2D eigenvalue weighted by atomic mass is 16.6. The average Bonchev–Trinajstić information content (AvgIpc) is 2.71. The third kappa shape index (κ3) is 6.04. The van der Waals surface area contributed by atoms with Crippen molar-refractivity contribution in [2.24, 2.45) is 5.92 Å². The fourth-order valence-electron chi connectivity index (χ4n) is 4.13. The van der Waals surface area contributed by atoms with E-state index >= 15 is 0 Å². The summed E-state index contributed by atoms with van der Waals surface area (Å²) in [6.45, 7) is 10.6. The number of hydrogen-bond acceptors (Lipinski definition) is 4. The number of aromatic hydroxyl groups is 1. The van der Waals surface area contributed by atoms with E-state index in [1.807, 2.05) is 19.1 Å². The van der Waals surface area contributed by atoms with Crippen LogP contribution in [0.5, 0.6) is 11.5 Å². The molecule has 0 bridgehead atoms. The molecule has 1 aromatic carbocycles. The average molecular weight is 416 g/mol. The fourth-order valence-corrected chi connectivity index (χ4v) is 4.13. The summed E-state index contributed by atoms with van der Waals surface area (Å²) in [4.78, 5) is 13.1. The van der Waals surface area contributed by atoms with Gasteiger partial charge in [-0.15, -0.1) is 0 Å². The third-order valence-electron chi connectivity index (χ3n) is 5.86. The monoisotopic (exact) mass is 415 g/mol. The maximum atomic E-state index is 11.8. The summed E-state index contributed by atoms with van der Waals surface area (Å²) in [5, 5.41) is 11.0. The molecular weight excluding hydrogens is 378 g/mol. The van der Waals surface area contributed by atoms with Crippen LogP contribution in [0.25, 0.3) is 0 Å². The molecule has 0 aromatic heterocycles. The lowest BCUT2D eigenvalue weighted by Gasteiger charge is -2.32. The highest BCUT2D eigenvalue weighted by Crippen LogP contribution is 2.47. The van der Waals surface area contributed by atoms with E-state index in [9.17, 15) is 9.90 Å². The molecule has 0 spiro atoms. The molecule has 2 unspecified atom stereocenters. The van der Waals surface area contributed by atoms with Crippen molar-refractivity contribution in [1.29, 1.82) is 0 Å². The summed E-state index contributed by atoms with van der Waals surface area (Å²) in [7, 11) is 2.97. The molecule has 1 aliphatic carbocycles. The van der Waals surface area contributed by atoms with E-state index in [0.29, 0.717) is 5.75 Å². The zero-order valence-electron chi connectivity index (χ0n) is 19.2. The molecule has 1 aromatic rings. The van der Waals surface area contributed by atoms with Gasteiger partial charge in [0.25, 0.3) is 0 Å². The second-order valence-electron chi connectivity index (χ2n) is 8.46. The minimum Gasteiger partial charge on any atom is -0.507 e. The Morgan fingerprint density at radius 3 is 2.70 bits per heavy atom. The van der Waals surface area contributed by atoms with Crippen LogP contribution < -0.4 is 4.74 Å². The van der Waals surface area contributed by atoms with Crippen molar-refractivity contribution in [3.8, 4) is 11.5 Å². The predicted octanol–water partition coefficient (Wildman–Crippen LogP) is 6.18. The third-order valence-corrected chi connectivity index (χ3v) is 5.86. The highest BCUT2D eigenvalue weighted by molar-refractivity contribution is 5.66. The molecule has 0 saturated carbocycles. The number of rotatable bonds is 9. The molecule has 1 N–H and O–H groups in total. The standard InChI is InChI=1S/C25H37NO4/c1-7-8-9-10-19-14-22(27)24(21-13-18(4)11-12-20(21)17(2)3)23(15-19)30-16-26(5)25(28)29-6/h13-15,20-21,27H,2,7-12,16H2,1,3-6H3. The number of phenolic OH excluding ortho intramolecular Hbond substituents is 1. The maximum absolute atomic E-state index is 11.8. The molecule has 1 aliphatic rings. The number of carbonyl (C=O) groups excluding carboxylic acids is 1. The molecule has 30 heavy (non-hydrogen) atoms. The van der Waals surface area contributed by atoms with Crippen LogP contribution in [-0.4, -0.2) is 37.0 Å². The van der Waals surface area contributed by atoms with Gasteiger partial charge in [0.2, 0.25) is 0 Å². The number of ether oxygens (including phenoxy) is 2. The van der Waals surface area contributed by atoms with Gasteiger partial charge in [-0.1, -0.05) is 43.6 Å². The number of carbonyl (C=O) groups is 1. The minimum absolute atomic E-state index is 0.000579. The Hall–Kier alpha value is -2.43. The summed E-state index contributed by atoms with van der Waals surface area (Å²) in [5.74, 6) is 1.12. The van der Waals surface area contributed by atoms with E-state index < -0.39 is 6.09 Å². The maximum Gasteiger partial charge on any atom is 0.411 e. The lowest BCUT2D eigenvalue weighted by Crippen LogP contribution is -2.30. The molecular formula is C25H37NO4. The van der Waals surface area contributed by atoms with Crippen LogP contribution in [0.4, 0.5) is 4.79 Å². The van der Waals surface area contributed by atoms with Gasteiger partial charge in [0.15, 0.2) is 6.73 Å². The second kappa shape index (κ2) is 11.1. The van der Waals surface area contributed by atoms with E-state index in [2.05, 4.69) is 26.5 Å². The van der Waals surface area contributed by atoms with Gasteiger partial charge in [0.1, 0.15) is 11.5 Å². The molecule has 5 heteroatoms. The lowest BCUT2D eigenvalue weighted by atomic mass is 9.73. The van der Waals surface area contributed by atoms with Gasteiger partial charge in [-0.05, 0) is 63.1 Å². The van der Waals surface area contributed by atoms with E-state index in [1.165, 1.54) is 17.6 Å². The molecule has 0 heterocycles. The zero-order valence-corrected chi connectivity index (χ0v) is 19.2. The van der Waals surface area contributed by atoms with Crippen LogP contribution in [0.3, 0.4) is 0 Å². The van der Waals surface area contributed by atoms with Crippen LogP contribution in [-0.2, 0) is 11.2 Å². The molecule has 2 rings (SSSR count). The van der Waals surface area contributed by atoms with Crippen LogP contribution in [0, 0.1) is 5.92 Å². The van der Waals surface area contributed by atoms with Crippen molar-refractivity contribution in [3.63, 3.8) is 0 Å². The number of phenols is 1. The summed E-state index contributed by atoms with van der Waals surface area (Å²) in [6, 6.07) is 3.89. The van der Waals surface area contributed by atoms with Gasteiger partial charge in [-0.2, -0.15) is 0 Å². The first-order valence-corrected chi connectivity index (χ1v) is 10.9. The number of aryl methyl sites for hydroxylation is 1. The predicted molar refractivity (Wildman–Crippen MR) is 121 cm³/mol. The Morgan fingerprint density at radius 2 is 2.07 bits per heavy atom. The smallest absolute Gasteiger partial charge is 0.411 e. The first-order valence-electron chi connectivity index (χ1n) is 10.9. The molecule has 0 saturated heterocycles. The largest absolute Gasteiger partial charge is 0.507 e. The number of hydrogen-bond donors (Lipinski definition) is 1. The minimum atomic E-state index is -0.465. The van der Waals surface area contributed by atoms with Crippen molar-refractivity contribution >= 4 is 6.09 Å². The van der Waals surface area contributed by atoms with Gasteiger partial charge in [0, 0.05) is 18.5 Å². The SMILES string of the molecule is C=C(C)C1CCC(C)=CC1c1c(O)cc(CCCCC)cc1OCN(C)C(=O)OC. The summed E-state index contributed by atoms with van der Waals surface area (Å²) >= 11 is 0. The normalized spacial score (nSPS) is 18.5. The topological polar surface area (TPSA) is 59.0 Å². The molecule has 2 atom stereocenters. The lowest BCUT2D eigenvalue weighted by molar-refractivity contribution is 0.0975. The Morgan fingerprint density at radius 1 is 1.33 bits per heavy atom. The van der Waals surface area contributed by atoms with Crippen LogP contribution in [0.15, 0.2) is 35.9 Å². The zero-order chi connectivity index (χ0) is 22.3. The van der Waals surface area contributed by atoms with Crippen molar-refractivity contribution in [2.75, 3.05) is 20.9 Å².